The summed E-state index contributed by atoms with van der Waals surface area (Å²) < 4.78 is 0. The summed E-state index contributed by atoms with van der Waals surface area (Å²) in [4.78, 5) is 13.0. The Hall–Kier alpha value is -1.41. The van der Waals surface area contributed by atoms with Gasteiger partial charge in [-0.15, -0.1) is 0 Å². The maximum atomic E-state index is 13.0. The number of benzene rings is 1. The van der Waals surface area contributed by atoms with Crippen molar-refractivity contribution in [3.63, 3.8) is 0 Å². The minimum atomic E-state index is -0.135. The van der Waals surface area contributed by atoms with Gasteiger partial charge >= 0.3 is 0 Å². The number of carbonyl (C=O) groups excluding carboxylic acids is 1. The highest BCUT2D eigenvalue weighted by atomic mass is 16.1. The number of rotatable bonds is 5. The molecule has 1 unspecified atom stereocenters. The Labute approximate surface area is 121 Å². The van der Waals surface area contributed by atoms with Gasteiger partial charge in [-0.1, -0.05) is 44.0 Å². The number of allylic oxidation sites excluding steroid dienone is 1. The van der Waals surface area contributed by atoms with Gasteiger partial charge in [-0.2, -0.15) is 0 Å². The van der Waals surface area contributed by atoms with Crippen molar-refractivity contribution in [2.24, 2.45) is 5.41 Å². The van der Waals surface area contributed by atoms with Gasteiger partial charge in [0.05, 0.1) is 0 Å². The van der Waals surface area contributed by atoms with Crippen molar-refractivity contribution in [2.75, 3.05) is 13.1 Å². The number of hydrogen-bond acceptors (Lipinski definition) is 2. The molecule has 0 bridgehead atoms. The first-order valence-electron chi connectivity index (χ1n) is 7.79. The predicted octanol–water partition coefficient (Wildman–Crippen LogP) is 3.37. The number of fused-ring (bicyclic) bond motifs is 1. The molecule has 0 amide bonds. The van der Waals surface area contributed by atoms with Crippen molar-refractivity contribution in [1.82, 2.24) is 5.32 Å². The average Bonchev–Trinajstić information content (AvgIpc) is 3.11. The lowest BCUT2D eigenvalue weighted by Gasteiger charge is -2.27. The molecular weight excluding hydrogens is 246 g/mol. The maximum absolute atomic E-state index is 13.0. The van der Waals surface area contributed by atoms with Gasteiger partial charge in [0.2, 0.25) is 0 Å². The number of unbranched alkanes of at least 4 members (excludes halogenated alkanes) is 1. The Bertz CT molecular complexity index is 538. The first kappa shape index (κ1) is 13.6. The molecule has 0 radical (unpaired) electrons. The lowest BCUT2D eigenvalue weighted by molar-refractivity contribution is -0.124. The SMILES string of the molecule is CCCCC1(C(=O)C2=Cc3ccccc3C2)CCNC1. The molecular formula is C18H23NO. The summed E-state index contributed by atoms with van der Waals surface area (Å²) in [6.45, 7) is 4.04. The molecule has 1 aromatic carbocycles. The van der Waals surface area contributed by atoms with Crippen LogP contribution in [-0.4, -0.2) is 18.9 Å². The van der Waals surface area contributed by atoms with E-state index in [9.17, 15) is 4.79 Å². The molecule has 1 N–H and O–H groups in total. The number of carbonyl (C=O) groups is 1. The molecule has 1 heterocycles. The van der Waals surface area contributed by atoms with Crippen molar-refractivity contribution >= 4 is 11.9 Å². The summed E-state index contributed by atoms with van der Waals surface area (Å²) >= 11 is 0. The number of nitrogens with one attached hydrogen (secondary N) is 1. The minimum Gasteiger partial charge on any atom is -0.316 e. The van der Waals surface area contributed by atoms with E-state index in [1.54, 1.807) is 0 Å². The van der Waals surface area contributed by atoms with Crippen molar-refractivity contribution in [3.8, 4) is 0 Å². The second-order valence-corrected chi connectivity index (χ2v) is 6.18. The van der Waals surface area contributed by atoms with E-state index in [-0.39, 0.29) is 5.41 Å². The Morgan fingerprint density at radius 3 is 2.90 bits per heavy atom. The van der Waals surface area contributed by atoms with Crippen molar-refractivity contribution < 1.29 is 4.79 Å². The molecule has 2 aliphatic rings. The van der Waals surface area contributed by atoms with Crippen molar-refractivity contribution in [3.05, 3.63) is 41.0 Å². The molecule has 1 fully saturated rings. The van der Waals surface area contributed by atoms with E-state index in [4.69, 9.17) is 0 Å². The van der Waals surface area contributed by atoms with Gasteiger partial charge in [0.25, 0.3) is 0 Å². The summed E-state index contributed by atoms with van der Waals surface area (Å²) in [6, 6.07) is 8.36. The van der Waals surface area contributed by atoms with Crippen LogP contribution in [0, 0.1) is 5.41 Å². The second kappa shape index (κ2) is 5.53. The molecule has 0 aromatic heterocycles. The fourth-order valence-corrected chi connectivity index (χ4v) is 3.55. The number of Topliss-reactive ketones (excluding diaryl/α,β-unsaturated/α-hetero) is 1. The van der Waals surface area contributed by atoms with Gasteiger partial charge in [0.15, 0.2) is 5.78 Å². The van der Waals surface area contributed by atoms with E-state index >= 15 is 0 Å². The number of ketones is 1. The first-order chi connectivity index (χ1) is 9.75. The highest BCUT2D eigenvalue weighted by Gasteiger charge is 2.42. The van der Waals surface area contributed by atoms with Crippen LogP contribution in [0.15, 0.2) is 29.8 Å². The minimum absolute atomic E-state index is 0.135. The lowest BCUT2D eigenvalue weighted by atomic mass is 9.75. The summed E-state index contributed by atoms with van der Waals surface area (Å²) in [6.07, 6.45) is 7.27. The highest BCUT2D eigenvalue weighted by molar-refractivity contribution is 6.05. The van der Waals surface area contributed by atoms with Gasteiger partial charge in [-0.25, -0.2) is 0 Å². The Balaban J connectivity index is 1.82. The molecule has 2 heteroatoms. The van der Waals surface area contributed by atoms with Gasteiger partial charge < -0.3 is 5.32 Å². The summed E-state index contributed by atoms with van der Waals surface area (Å²) in [5, 5.41) is 3.40. The van der Waals surface area contributed by atoms with Crippen LogP contribution in [0.3, 0.4) is 0 Å². The standard InChI is InChI=1S/C18H23NO/c1-2-3-8-18(9-10-19-13-18)17(20)16-11-14-6-4-5-7-15(14)12-16/h4-7,11,19H,2-3,8-10,12-13H2,1H3. The molecule has 2 nitrogen and oxygen atoms in total. The maximum Gasteiger partial charge on any atom is 0.166 e. The fraction of sp³-hybridized carbons (Fsp3) is 0.500. The smallest absolute Gasteiger partial charge is 0.166 e. The van der Waals surface area contributed by atoms with E-state index in [0.29, 0.717) is 5.78 Å². The molecule has 20 heavy (non-hydrogen) atoms. The molecule has 0 spiro atoms. The molecule has 3 rings (SSSR count). The zero-order valence-corrected chi connectivity index (χ0v) is 12.2. The normalized spacial score (nSPS) is 24.6. The van der Waals surface area contributed by atoms with Crippen LogP contribution in [0.5, 0.6) is 0 Å². The predicted molar refractivity (Wildman–Crippen MR) is 82.6 cm³/mol. The van der Waals surface area contributed by atoms with Crippen LogP contribution >= 0.6 is 0 Å². The van der Waals surface area contributed by atoms with Crippen LogP contribution in [0.2, 0.25) is 0 Å². The Morgan fingerprint density at radius 2 is 2.20 bits per heavy atom. The average molecular weight is 269 g/mol. The molecule has 1 aliphatic carbocycles. The zero-order valence-electron chi connectivity index (χ0n) is 12.2. The van der Waals surface area contributed by atoms with Crippen LogP contribution < -0.4 is 5.32 Å². The molecule has 106 valence electrons. The van der Waals surface area contributed by atoms with E-state index in [1.807, 2.05) is 6.07 Å². The third kappa shape index (κ3) is 2.33. The van der Waals surface area contributed by atoms with Crippen LogP contribution in [0.25, 0.3) is 6.08 Å². The quantitative estimate of drug-likeness (QED) is 0.888. The summed E-state index contributed by atoms with van der Waals surface area (Å²) in [5.41, 5.74) is 3.41. The van der Waals surface area contributed by atoms with E-state index in [2.05, 4.69) is 36.5 Å². The van der Waals surface area contributed by atoms with Crippen molar-refractivity contribution in [2.45, 2.75) is 39.0 Å². The highest BCUT2D eigenvalue weighted by Crippen LogP contribution is 2.38. The molecule has 1 aromatic rings. The van der Waals surface area contributed by atoms with E-state index in [1.165, 1.54) is 11.1 Å². The topological polar surface area (TPSA) is 29.1 Å². The Kier molecular flexibility index (Phi) is 3.75. The van der Waals surface area contributed by atoms with Crippen molar-refractivity contribution in [1.29, 1.82) is 0 Å². The fourth-order valence-electron chi connectivity index (χ4n) is 3.55. The second-order valence-electron chi connectivity index (χ2n) is 6.18. The van der Waals surface area contributed by atoms with Crippen LogP contribution in [0.1, 0.15) is 43.7 Å². The lowest BCUT2D eigenvalue weighted by Crippen LogP contribution is -2.34. The summed E-state index contributed by atoms with van der Waals surface area (Å²) in [5.74, 6) is 0.396. The van der Waals surface area contributed by atoms with E-state index < -0.39 is 0 Å². The molecule has 1 saturated heterocycles. The van der Waals surface area contributed by atoms with Crippen LogP contribution in [-0.2, 0) is 11.2 Å². The number of hydrogen-bond donors (Lipinski definition) is 1. The zero-order chi connectivity index (χ0) is 14.0. The molecule has 1 aliphatic heterocycles. The summed E-state index contributed by atoms with van der Waals surface area (Å²) in [7, 11) is 0. The third-order valence-corrected chi connectivity index (χ3v) is 4.79. The monoisotopic (exact) mass is 269 g/mol. The molecule has 0 saturated carbocycles. The van der Waals surface area contributed by atoms with Gasteiger partial charge in [0.1, 0.15) is 0 Å². The van der Waals surface area contributed by atoms with Gasteiger partial charge in [-0.3, -0.25) is 4.79 Å². The van der Waals surface area contributed by atoms with Crippen LogP contribution in [0.4, 0.5) is 0 Å². The largest absolute Gasteiger partial charge is 0.316 e. The van der Waals surface area contributed by atoms with Gasteiger partial charge in [-0.05, 0) is 36.6 Å². The van der Waals surface area contributed by atoms with E-state index in [0.717, 1.165) is 50.8 Å². The Morgan fingerprint density at radius 1 is 1.35 bits per heavy atom. The molecule has 1 atom stereocenters. The first-order valence-corrected chi connectivity index (χ1v) is 7.79. The van der Waals surface area contributed by atoms with Gasteiger partial charge in [0, 0.05) is 24.0 Å². The third-order valence-electron chi connectivity index (χ3n) is 4.79.